The molecule has 0 spiro atoms. The van der Waals surface area contributed by atoms with Crippen LogP contribution < -0.4 is 5.32 Å². The standard InChI is InChI=1S/C10H13ClN2O3S/c1-2-17(16)7-6-12-9-5-3-4-8(11)10(9)13(14)15/h3-5,12H,2,6-7H2,1H3. The van der Waals surface area contributed by atoms with Gasteiger partial charge in [0, 0.05) is 28.9 Å². The van der Waals surface area contributed by atoms with E-state index in [9.17, 15) is 14.3 Å². The molecule has 0 radical (unpaired) electrons. The van der Waals surface area contributed by atoms with Gasteiger partial charge in [-0.25, -0.2) is 0 Å². The molecule has 0 heterocycles. The first-order chi connectivity index (χ1) is 8.06. The van der Waals surface area contributed by atoms with Crippen LogP contribution in [0.4, 0.5) is 11.4 Å². The van der Waals surface area contributed by atoms with E-state index < -0.39 is 15.7 Å². The fourth-order valence-electron chi connectivity index (χ4n) is 1.29. The van der Waals surface area contributed by atoms with Gasteiger partial charge in [0.2, 0.25) is 0 Å². The van der Waals surface area contributed by atoms with E-state index in [1.807, 2.05) is 6.92 Å². The Bertz CT molecular complexity index is 440. The van der Waals surface area contributed by atoms with Crippen LogP contribution in [0, 0.1) is 10.1 Å². The maximum absolute atomic E-state index is 11.2. The summed E-state index contributed by atoms with van der Waals surface area (Å²) < 4.78 is 11.2. The molecule has 1 aromatic carbocycles. The third-order valence-corrected chi connectivity index (χ3v) is 3.74. The van der Waals surface area contributed by atoms with Crippen molar-refractivity contribution >= 4 is 33.8 Å². The molecule has 1 aromatic rings. The second kappa shape index (κ2) is 6.56. The van der Waals surface area contributed by atoms with Gasteiger partial charge >= 0.3 is 5.69 Å². The molecule has 0 aliphatic rings. The molecule has 94 valence electrons. The Morgan fingerprint density at radius 2 is 2.24 bits per heavy atom. The van der Waals surface area contributed by atoms with Crippen LogP contribution in [-0.2, 0) is 10.8 Å². The summed E-state index contributed by atoms with van der Waals surface area (Å²) in [5.41, 5.74) is 0.215. The van der Waals surface area contributed by atoms with Crippen molar-refractivity contribution in [3.63, 3.8) is 0 Å². The molecule has 1 atom stereocenters. The maximum Gasteiger partial charge on any atom is 0.310 e. The Balaban J connectivity index is 2.74. The number of nitro groups is 1. The lowest BCUT2D eigenvalue weighted by Gasteiger charge is -2.07. The quantitative estimate of drug-likeness (QED) is 0.640. The van der Waals surface area contributed by atoms with E-state index in [4.69, 9.17) is 11.6 Å². The second-order valence-corrected chi connectivity index (χ2v) is 5.52. The van der Waals surface area contributed by atoms with Crippen LogP contribution in [0.3, 0.4) is 0 Å². The largest absolute Gasteiger partial charge is 0.379 e. The molecular formula is C10H13ClN2O3S. The SMILES string of the molecule is CCS(=O)CCNc1cccc(Cl)c1[N+](=O)[O-]. The van der Waals surface area contributed by atoms with Gasteiger partial charge in [0.1, 0.15) is 10.7 Å². The van der Waals surface area contributed by atoms with Crippen LogP contribution in [0.2, 0.25) is 5.02 Å². The third kappa shape index (κ3) is 3.98. The average Bonchev–Trinajstić information content (AvgIpc) is 2.28. The van der Waals surface area contributed by atoms with Crippen molar-refractivity contribution in [3.05, 3.63) is 33.3 Å². The highest BCUT2D eigenvalue weighted by Gasteiger charge is 2.17. The van der Waals surface area contributed by atoms with Crippen LogP contribution in [0.5, 0.6) is 0 Å². The van der Waals surface area contributed by atoms with Crippen molar-refractivity contribution in [3.8, 4) is 0 Å². The van der Waals surface area contributed by atoms with Crippen molar-refractivity contribution in [1.29, 1.82) is 0 Å². The van der Waals surface area contributed by atoms with Crippen molar-refractivity contribution in [1.82, 2.24) is 0 Å². The summed E-state index contributed by atoms with van der Waals surface area (Å²) in [7, 11) is -0.889. The molecule has 0 bridgehead atoms. The Morgan fingerprint density at radius 1 is 1.53 bits per heavy atom. The zero-order chi connectivity index (χ0) is 12.8. The minimum Gasteiger partial charge on any atom is -0.379 e. The molecule has 0 saturated heterocycles. The summed E-state index contributed by atoms with van der Waals surface area (Å²) in [6.07, 6.45) is 0. The van der Waals surface area contributed by atoms with Crippen LogP contribution in [0.1, 0.15) is 6.92 Å². The number of anilines is 1. The van der Waals surface area contributed by atoms with Gasteiger partial charge < -0.3 is 5.32 Å². The molecular weight excluding hydrogens is 264 g/mol. The molecule has 0 fully saturated rings. The van der Waals surface area contributed by atoms with Crippen molar-refractivity contribution < 1.29 is 9.13 Å². The molecule has 1 N–H and O–H groups in total. The fraction of sp³-hybridized carbons (Fsp3) is 0.400. The van der Waals surface area contributed by atoms with E-state index in [2.05, 4.69) is 5.32 Å². The number of hydrogen-bond donors (Lipinski definition) is 1. The topological polar surface area (TPSA) is 72.2 Å². The molecule has 1 unspecified atom stereocenters. The van der Waals surface area contributed by atoms with Crippen molar-refractivity contribution in [2.24, 2.45) is 0 Å². The van der Waals surface area contributed by atoms with E-state index in [0.29, 0.717) is 23.7 Å². The lowest BCUT2D eigenvalue weighted by Crippen LogP contribution is -2.12. The predicted molar refractivity (Wildman–Crippen MR) is 70.1 cm³/mol. The molecule has 0 amide bonds. The summed E-state index contributed by atoms with van der Waals surface area (Å²) in [6.45, 7) is 2.25. The Labute approximate surface area is 107 Å². The first-order valence-corrected chi connectivity index (χ1v) is 6.94. The fourth-order valence-corrected chi connectivity index (χ4v) is 2.15. The van der Waals surface area contributed by atoms with Crippen molar-refractivity contribution in [2.75, 3.05) is 23.4 Å². The van der Waals surface area contributed by atoms with Gasteiger partial charge in [-0.15, -0.1) is 0 Å². The van der Waals surface area contributed by atoms with Gasteiger partial charge in [-0.05, 0) is 12.1 Å². The summed E-state index contributed by atoms with van der Waals surface area (Å²) in [6, 6.07) is 4.68. The Hall–Kier alpha value is -1.14. The normalized spacial score (nSPS) is 12.1. The summed E-state index contributed by atoms with van der Waals surface area (Å²) >= 11 is 5.75. The van der Waals surface area contributed by atoms with Gasteiger partial charge in [-0.1, -0.05) is 24.6 Å². The molecule has 0 aliphatic heterocycles. The summed E-state index contributed by atoms with van der Waals surface area (Å²) in [5, 5.41) is 13.8. The van der Waals surface area contributed by atoms with Crippen LogP contribution in [0.15, 0.2) is 18.2 Å². The van der Waals surface area contributed by atoms with Gasteiger partial charge in [0.15, 0.2) is 0 Å². The van der Waals surface area contributed by atoms with Gasteiger partial charge in [0.25, 0.3) is 0 Å². The molecule has 17 heavy (non-hydrogen) atoms. The predicted octanol–water partition coefficient (Wildman–Crippen LogP) is 2.43. The third-order valence-electron chi connectivity index (χ3n) is 2.14. The minimum atomic E-state index is -0.889. The highest BCUT2D eigenvalue weighted by Crippen LogP contribution is 2.31. The highest BCUT2D eigenvalue weighted by atomic mass is 35.5. The van der Waals surface area contributed by atoms with E-state index >= 15 is 0 Å². The van der Waals surface area contributed by atoms with Gasteiger partial charge in [0.05, 0.1) is 4.92 Å². The number of nitro benzene ring substituents is 1. The number of nitrogens with zero attached hydrogens (tertiary/aromatic N) is 1. The van der Waals surface area contributed by atoms with E-state index in [0.717, 1.165) is 0 Å². The molecule has 0 aliphatic carbocycles. The first kappa shape index (κ1) is 13.9. The summed E-state index contributed by atoms with van der Waals surface area (Å²) in [4.78, 5) is 10.3. The van der Waals surface area contributed by atoms with Crippen molar-refractivity contribution in [2.45, 2.75) is 6.92 Å². The lowest BCUT2D eigenvalue weighted by atomic mass is 10.2. The monoisotopic (exact) mass is 276 g/mol. The minimum absolute atomic E-state index is 0.0941. The Kier molecular flexibility index (Phi) is 5.37. The zero-order valence-electron chi connectivity index (χ0n) is 9.31. The number of hydrogen-bond acceptors (Lipinski definition) is 4. The molecule has 1 rings (SSSR count). The Morgan fingerprint density at radius 3 is 2.82 bits per heavy atom. The average molecular weight is 277 g/mol. The van der Waals surface area contributed by atoms with E-state index in [1.165, 1.54) is 6.07 Å². The van der Waals surface area contributed by atoms with Gasteiger partial charge in [-0.3, -0.25) is 14.3 Å². The number of nitrogens with one attached hydrogen (secondary N) is 1. The lowest BCUT2D eigenvalue weighted by molar-refractivity contribution is -0.383. The number of rotatable bonds is 6. The number of benzene rings is 1. The molecule has 0 saturated carbocycles. The van der Waals surface area contributed by atoms with E-state index in [1.54, 1.807) is 12.1 Å². The van der Waals surface area contributed by atoms with Gasteiger partial charge in [-0.2, -0.15) is 0 Å². The molecule has 5 nitrogen and oxygen atoms in total. The van der Waals surface area contributed by atoms with Crippen LogP contribution >= 0.6 is 11.6 Å². The molecule has 7 heteroatoms. The number of halogens is 1. The zero-order valence-corrected chi connectivity index (χ0v) is 10.9. The molecule has 0 aromatic heterocycles. The van der Waals surface area contributed by atoms with Crippen LogP contribution in [-0.4, -0.2) is 27.2 Å². The van der Waals surface area contributed by atoms with E-state index in [-0.39, 0.29) is 10.7 Å². The number of para-hydroxylation sites is 1. The van der Waals surface area contributed by atoms with Crippen LogP contribution in [0.25, 0.3) is 0 Å². The first-order valence-electron chi connectivity index (χ1n) is 5.08. The highest BCUT2D eigenvalue weighted by molar-refractivity contribution is 7.84. The second-order valence-electron chi connectivity index (χ2n) is 3.25. The summed E-state index contributed by atoms with van der Waals surface area (Å²) in [5.74, 6) is 1.04. The maximum atomic E-state index is 11.2. The smallest absolute Gasteiger partial charge is 0.310 e.